The molecule has 0 aromatic rings. The maximum Gasteiger partial charge on any atom is 0.0997 e. The molecule has 0 N–H and O–H groups in total. The number of ether oxygens (including phenoxy) is 1. The van der Waals surface area contributed by atoms with Crippen LogP contribution >= 0.6 is 0 Å². The third-order valence-electron chi connectivity index (χ3n) is 3.26. The van der Waals surface area contributed by atoms with Crippen molar-refractivity contribution in [3.8, 4) is 0 Å². The molecule has 0 aliphatic carbocycles. The van der Waals surface area contributed by atoms with E-state index < -0.39 is 0 Å². The zero-order chi connectivity index (χ0) is 11.5. The molecule has 0 aromatic carbocycles. The van der Waals surface area contributed by atoms with E-state index in [0.29, 0.717) is 0 Å². The summed E-state index contributed by atoms with van der Waals surface area (Å²) in [5, 5.41) is 0. The minimum Gasteiger partial charge on any atom is -0.360 e. The lowest BCUT2D eigenvalue weighted by molar-refractivity contribution is -0.0725. The first-order valence-electron chi connectivity index (χ1n) is 6.25. The molecule has 15 heavy (non-hydrogen) atoms. The number of hydrogen-bond acceptors (Lipinski definition) is 2. The van der Waals surface area contributed by atoms with E-state index in [1.54, 1.807) is 0 Å². The van der Waals surface area contributed by atoms with E-state index in [4.69, 9.17) is 4.74 Å². The van der Waals surface area contributed by atoms with Crippen LogP contribution in [0.15, 0.2) is 0 Å². The molecule has 0 saturated carbocycles. The molecule has 0 atom stereocenters. The summed E-state index contributed by atoms with van der Waals surface area (Å²) >= 11 is 0. The van der Waals surface area contributed by atoms with Gasteiger partial charge in [-0.1, -0.05) is 13.8 Å². The Balaban J connectivity index is 2.20. The van der Waals surface area contributed by atoms with E-state index in [-0.39, 0.29) is 5.60 Å². The van der Waals surface area contributed by atoms with Crippen LogP contribution in [0.3, 0.4) is 0 Å². The second-order valence-electron chi connectivity index (χ2n) is 6.09. The molecule has 2 heteroatoms. The summed E-state index contributed by atoms with van der Waals surface area (Å²) in [4.78, 5) is 2.43. The van der Waals surface area contributed by atoms with Crippen molar-refractivity contribution >= 4 is 0 Å². The highest BCUT2D eigenvalue weighted by Crippen LogP contribution is 2.24. The molecule has 90 valence electrons. The highest BCUT2D eigenvalue weighted by Gasteiger charge is 2.22. The van der Waals surface area contributed by atoms with Crippen LogP contribution in [0, 0.1) is 11.8 Å². The Morgan fingerprint density at radius 2 is 1.73 bits per heavy atom. The van der Waals surface area contributed by atoms with Crippen molar-refractivity contribution in [1.82, 2.24) is 4.90 Å². The molecule has 1 aliphatic rings. The van der Waals surface area contributed by atoms with Crippen molar-refractivity contribution in [1.29, 1.82) is 0 Å². The predicted octanol–water partition coefficient (Wildman–Crippen LogP) is 3.13. The lowest BCUT2D eigenvalue weighted by Gasteiger charge is -2.35. The molecule has 1 rings (SSSR count). The van der Waals surface area contributed by atoms with E-state index in [1.165, 1.54) is 25.9 Å². The maximum atomic E-state index is 5.79. The van der Waals surface area contributed by atoms with Crippen LogP contribution in [0.1, 0.15) is 47.5 Å². The molecule has 2 nitrogen and oxygen atoms in total. The molecule has 1 fully saturated rings. The summed E-state index contributed by atoms with van der Waals surface area (Å²) in [6.45, 7) is 14.2. The smallest absolute Gasteiger partial charge is 0.0997 e. The van der Waals surface area contributed by atoms with Crippen molar-refractivity contribution in [2.24, 2.45) is 11.8 Å². The van der Waals surface area contributed by atoms with Gasteiger partial charge in [0, 0.05) is 13.1 Å². The van der Waals surface area contributed by atoms with Gasteiger partial charge in [0.15, 0.2) is 0 Å². The first-order valence-corrected chi connectivity index (χ1v) is 6.25. The Morgan fingerprint density at radius 1 is 1.20 bits per heavy atom. The van der Waals surface area contributed by atoms with Gasteiger partial charge < -0.3 is 4.74 Å². The van der Waals surface area contributed by atoms with Gasteiger partial charge in [0.25, 0.3) is 0 Å². The maximum absolute atomic E-state index is 5.79. The predicted molar refractivity (Wildman–Crippen MR) is 64.8 cm³/mol. The van der Waals surface area contributed by atoms with Crippen molar-refractivity contribution in [3.63, 3.8) is 0 Å². The highest BCUT2D eigenvalue weighted by molar-refractivity contribution is 4.73. The summed E-state index contributed by atoms with van der Waals surface area (Å²) in [6.07, 6.45) is 2.68. The number of piperidine rings is 1. The monoisotopic (exact) mass is 213 g/mol. The van der Waals surface area contributed by atoms with Gasteiger partial charge in [-0.25, -0.2) is 0 Å². The molecule has 1 saturated heterocycles. The van der Waals surface area contributed by atoms with Gasteiger partial charge in [-0.05, 0) is 45.4 Å². The molecule has 0 radical (unpaired) electrons. The van der Waals surface area contributed by atoms with Crippen molar-refractivity contribution < 1.29 is 4.74 Å². The minimum absolute atomic E-state index is 0.00506. The van der Waals surface area contributed by atoms with Gasteiger partial charge in [0.2, 0.25) is 0 Å². The fourth-order valence-electron chi connectivity index (χ4n) is 2.03. The Kier molecular flexibility index (Phi) is 4.60. The minimum atomic E-state index is -0.00506. The largest absolute Gasteiger partial charge is 0.360 e. The SMILES string of the molecule is CC(C)C1CCN(COC(C)(C)C)CC1. The third-order valence-corrected chi connectivity index (χ3v) is 3.26. The van der Waals surface area contributed by atoms with Crippen LogP contribution in [-0.2, 0) is 4.74 Å². The fraction of sp³-hybridized carbons (Fsp3) is 1.00. The number of rotatable bonds is 3. The Hall–Kier alpha value is -0.0800. The zero-order valence-corrected chi connectivity index (χ0v) is 11.0. The van der Waals surface area contributed by atoms with E-state index in [2.05, 4.69) is 39.5 Å². The van der Waals surface area contributed by atoms with E-state index in [1.807, 2.05) is 0 Å². The first kappa shape index (κ1) is 13.0. The summed E-state index contributed by atoms with van der Waals surface area (Å²) in [5.74, 6) is 1.77. The van der Waals surface area contributed by atoms with E-state index >= 15 is 0 Å². The average Bonchev–Trinajstić information content (AvgIpc) is 2.14. The van der Waals surface area contributed by atoms with Crippen LogP contribution in [0.4, 0.5) is 0 Å². The Morgan fingerprint density at radius 3 is 2.13 bits per heavy atom. The Labute approximate surface area is 95.0 Å². The topological polar surface area (TPSA) is 12.5 Å². The van der Waals surface area contributed by atoms with Crippen LogP contribution in [0.2, 0.25) is 0 Å². The van der Waals surface area contributed by atoms with Crippen LogP contribution in [-0.4, -0.2) is 30.3 Å². The summed E-state index contributed by atoms with van der Waals surface area (Å²) in [5.41, 5.74) is -0.00506. The average molecular weight is 213 g/mol. The van der Waals surface area contributed by atoms with Gasteiger partial charge in [0.05, 0.1) is 12.3 Å². The standard InChI is InChI=1S/C13H27NO/c1-11(2)12-6-8-14(9-7-12)10-15-13(3,4)5/h11-12H,6-10H2,1-5H3. The molecule has 1 heterocycles. The van der Waals surface area contributed by atoms with Crippen LogP contribution < -0.4 is 0 Å². The van der Waals surface area contributed by atoms with Gasteiger partial charge in [-0.15, -0.1) is 0 Å². The summed E-state index contributed by atoms with van der Waals surface area (Å²) < 4.78 is 5.79. The van der Waals surface area contributed by atoms with E-state index in [0.717, 1.165) is 18.6 Å². The Bertz CT molecular complexity index is 175. The number of nitrogens with zero attached hydrogens (tertiary/aromatic N) is 1. The highest BCUT2D eigenvalue weighted by atomic mass is 16.5. The lowest BCUT2D eigenvalue weighted by atomic mass is 9.87. The third kappa shape index (κ3) is 4.98. The molecular weight excluding hydrogens is 186 g/mol. The molecule has 1 aliphatic heterocycles. The fourth-order valence-corrected chi connectivity index (χ4v) is 2.03. The van der Waals surface area contributed by atoms with Crippen molar-refractivity contribution in [2.75, 3.05) is 19.8 Å². The normalized spacial score (nSPS) is 21.2. The summed E-state index contributed by atoms with van der Waals surface area (Å²) in [7, 11) is 0. The molecule has 0 aromatic heterocycles. The quantitative estimate of drug-likeness (QED) is 0.714. The van der Waals surface area contributed by atoms with Crippen molar-refractivity contribution in [3.05, 3.63) is 0 Å². The van der Waals surface area contributed by atoms with Gasteiger partial charge in [-0.2, -0.15) is 0 Å². The molecular formula is C13H27NO. The van der Waals surface area contributed by atoms with Crippen LogP contribution in [0.5, 0.6) is 0 Å². The second-order valence-corrected chi connectivity index (χ2v) is 6.09. The number of likely N-dealkylation sites (tertiary alicyclic amines) is 1. The summed E-state index contributed by atoms with van der Waals surface area (Å²) in [6, 6.07) is 0. The zero-order valence-electron chi connectivity index (χ0n) is 11.0. The van der Waals surface area contributed by atoms with Gasteiger partial charge in [0.1, 0.15) is 0 Å². The molecule has 0 unspecified atom stereocenters. The molecule has 0 bridgehead atoms. The van der Waals surface area contributed by atoms with Gasteiger partial charge >= 0.3 is 0 Å². The molecule has 0 spiro atoms. The van der Waals surface area contributed by atoms with E-state index in [9.17, 15) is 0 Å². The second kappa shape index (κ2) is 5.31. The number of hydrogen-bond donors (Lipinski definition) is 0. The molecule has 0 amide bonds. The lowest BCUT2D eigenvalue weighted by Crippen LogP contribution is -2.39. The first-order chi connectivity index (χ1) is 6.88. The van der Waals surface area contributed by atoms with Crippen molar-refractivity contribution in [2.45, 2.75) is 53.1 Å². The van der Waals surface area contributed by atoms with Crippen LogP contribution in [0.25, 0.3) is 0 Å². The van der Waals surface area contributed by atoms with Gasteiger partial charge in [-0.3, -0.25) is 4.90 Å².